The molecule has 27 heavy (non-hydrogen) atoms. The van der Waals surface area contributed by atoms with Gasteiger partial charge in [0.05, 0.1) is 22.8 Å². The van der Waals surface area contributed by atoms with E-state index in [2.05, 4.69) is 24.1 Å². The first kappa shape index (κ1) is 19.9. The van der Waals surface area contributed by atoms with E-state index < -0.39 is 0 Å². The Bertz CT molecular complexity index is 844. The van der Waals surface area contributed by atoms with E-state index >= 15 is 0 Å². The van der Waals surface area contributed by atoms with E-state index in [1.54, 1.807) is 10.6 Å². The van der Waals surface area contributed by atoms with E-state index in [1.807, 2.05) is 18.2 Å². The van der Waals surface area contributed by atoms with Crippen LogP contribution in [-0.2, 0) is 16.1 Å². The number of fused-ring (bicyclic) bond motifs is 1. The van der Waals surface area contributed by atoms with Gasteiger partial charge in [0.25, 0.3) is 5.56 Å². The van der Waals surface area contributed by atoms with Crippen molar-refractivity contribution >= 4 is 28.6 Å². The van der Waals surface area contributed by atoms with Crippen LogP contribution in [0.2, 0.25) is 0 Å². The van der Waals surface area contributed by atoms with Gasteiger partial charge in [-0.3, -0.25) is 14.2 Å². The van der Waals surface area contributed by atoms with Crippen LogP contribution in [0.1, 0.15) is 33.1 Å². The highest BCUT2D eigenvalue weighted by molar-refractivity contribution is 7.99. The van der Waals surface area contributed by atoms with Crippen LogP contribution in [0.5, 0.6) is 0 Å². The standard InChI is InChI=1S/C20H27N3O3S/c1-14(2)9-10-23-19(25)16-7-3-4-8-17(16)22-20(23)27-13-18(24)21-12-15-6-5-11-26-15/h3-4,7-8,14-15H,5-6,9-13H2,1-2H3,(H,21,24). The summed E-state index contributed by atoms with van der Waals surface area (Å²) in [5.41, 5.74) is 0.633. The van der Waals surface area contributed by atoms with Gasteiger partial charge in [0.1, 0.15) is 0 Å². The molecule has 146 valence electrons. The van der Waals surface area contributed by atoms with Gasteiger partial charge in [0.15, 0.2) is 5.16 Å². The van der Waals surface area contributed by atoms with Gasteiger partial charge in [0.2, 0.25) is 5.91 Å². The fraction of sp³-hybridized carbons (Fsp3) is 0.550. The molecule has 3 rings (SSSR count). The summed E-state index contributed by atoms with van der Waals surface area (Å²) >= 11 is 1.32. The Labute approximate surface area is 163 Å². The number of ether oxygens (including phenoxy) is 1. The lowest BCUT2D eigenvalue weighted by molar-refractivity contribution is -0.119. The topological polar surface area (TPSA) is 73.2 Å². The number of carbonyl (C=O) groups excluding carboxylic acids is 1. The lowest BCUT2D eigenvalue weighted by Crippen LogP contribution is -2.33. The molecule has 1 N–H and O–H groups in total. The largest absolute Gasteiger partial charge is 0.376 e. The van der Waals surface area contributed by atoms with Crippen molar-refractivity contribution in [1.82, 2.24) is 14.9 Å². The van der Waals surface area contributed by atoms with E-state index in [1.165, 1.54) is 11.8 Å². The van der Waals surface area contributed by atoms with E-state index in [0.717, 1.165) is 25.9 Å². The molecule has 1 aromatic carbocycles. The number of thioether (sulfide) groups is 1. The van der Waals surface area contributed by atoms with Crippen molar-refractivity contribution < 1.29 is 9.53 Å². The molecule has 6 nitrogen and oxygen atoms in total. The molecule has 0 bridgehead atoms. The molecule has 1 amide bonds. The minimum absolute atomic E-state index is 0.0384. The number of para-hydroxylation sites is 1. The number of hydrogen-bond donors (Lipinski definition) is 1. The van der Waals surface area contributed by atoms with Crippen molar-refractivity contribution in [2.24, 2.45) is 5.92 Å². The highest BCUT2D eigenvalue weighted by Gasteiger charge is 2.17. The van der Waals surface area contributed by atoms with Gasteiger partial charge in [-0.05, 0) is 37.3 Å². The van der Waals surface area contributed by atoms with Crippen LogP contribution in [0.15, 0.2) is 34.2 Å². The Morgan fingerprint density at radius 1 is 1.41 bits per heavy atom. The molecule has 1 fully saturated rings. The molecule has 1 saturated heterocycles. The lowest BCUT2D eigenvalue weighted by atomic mass is 10.1. The van der Waals surface area contributed by atoms with E-state index in [9.17, 15) is 9.59 Å². The van der Waals surface area contributed by atoms with E-state index in [4.69, 9.17) is 4.74 Å². The smallest absolute Gasteiger partial charge is 0.262 e. The number of nitrogens with zero attached hydrogens (tertiary/aromatic N) is 2. The van der Waals surface area contributed by atoms with E-state index in [0.29, 0.717) is 35.1 Å². The summed E-state index contributed by atoms with van der Waals surface area (Å²) in [5, 5.41) is 4.14. The maximum Gasteiger partial charge on any atom is 0.262 e. The molecule has 1 unspecified atom stereocenters. The maximum absolute atomic E-state index is 12.9. The Balaban J connectivity index is 1.72. The molecular weight excluding hydrogens is 362 g/mol. The molecule has 0 spiro atoms. The van der Waals surface area contributed by atoms with Crippen molar-refractivity contribution in [3.63, 3.8) is 0 Å². The van der Waals surface area contributed by atoms with Gasteiger partial charge in [-0.2, -0.15) is 0 Å². The van der Waals surface area contributed by atoms with Crippen LogP contribution < -0.4 is 10.9 Å². The second-order valence-electron chi connectivity index (χ2n) is 7.28. The second kappa shape index (κ2) is 9.37. The first-order valence-electron chi connectivity index (χ1n) is 9.55. The number of aromatic nitrogens is 2. The number of hydrogen-bond acceptors (Lipinski definition) is 5. The van der Waals surface area contributed by atoms with Gasteiger partial charge >= 0.3 is 0 Å². The predicted molar refractivity (Wildman–Crippen MR) is 108 cm³/mol. The average Bonchev–Trinajstić information content (AvgIpc) is 3.17. The highest BCUT2D eigenvalue weighted by atomic mass is 32.2. The highest BCUT2D eigenvalue weighted by Crippen LogP contribution is 2.19. The zero-order valence-corrected chi connectivity index (χ0v) is 16.8. The van der Waals surface area contributed by atoms with Crippen LogP contribution in [0.25, 0.3) is 10.9 Å². The molecule has 0 saturated carbocycles. The molecule has 0 aliphatic carbocycles. The number of rotatable bonds is 8. The van der Waals surface area contributed by atoms with Gasteiger partial charge < -0.3 is 10.1 Å². The number of carbonyl (C=O) groups is 1. The summed E-state index contributed by atoms with van der Waals surface area (Å²) in [7, 11) is 0. The molecule has 2 heterocycles. The second-order valence-corrected chi connectivity index (χ2v) is 8.22. The summed E-state index contributed by atoms with van der Waals surface area (Å²) in [6, 6.07) is 7.37. The third kappa shape index (κ3) is 5.32. The monoisotopic (exact) mass is 389 g/mol. The first-order valence-corrected chi connectivity index (χ1v) is 10.5. The van der Waals surface area contributed by atoms with E-state index in [-0.39, 0.29) is 23.3 Å². The lowest BCUT2D eigenvalue weighted by Gasteiger charge is -2.14. The molecule has 1 atom stereocenters. The summed E-state index contributed by atoms with van der Waals surface area (Å²) in [6.45, 7) is 6.19. The predicted octanol–water partition coefficient (Wildman–Crippen LogP) is 2.83. The van der Waals surface area contributed by atoms with Crippen molar-refractivity contribution in [3.05, 3.63) is 34.6 Å². The SMILES string of the molecule is CC(C)CCn1c(SCC(=O)NCC2CCCO2)nc2ccccc2c1=O. The zero-order chi connectivity index (χ0) is 19.2. The van der Waals surface area contributed by atoms with Crippen LogP contribution in [0.3, 0.4) is 0 Å². The third-order valence-corrected chi connectivity index (χ3v) is 5.62. The molecule has 0 radical (unpaired) electrons. The van der Waals surface area contributed by atoms with Gasteiger partial charge in [-0.25, -0.2) is 4.98 Å². The molecular formula is C20H27N3O3S. The normalized spacial score (nSPS) is 16.9. The number of benzene rings is 1. The summed E-state index contributed by atoms with van der Waals surface area (Å²) in [6.07, 6.45) is 3.06. The molecule has 7 heteroatoms. The minimum atomic E-state index is -0.0617. The van der Waals surface area contributed by atoms with Crippen molar-refractivity contribution in [1.29, 1.82) is 0 Å². The zero-order valence-electron chi connectivity index (χ0n) is 15.9. The van der Waals surface area contributed by atoms with Crippen LogP contribution in [0, 0.1) is 5.92 Å². The van der Waals surface area contributed by atoms with Crippen molar-refractivity contribution in [3.8, 4) is 0 Å². The fourth-order valence-electron chi connectivity index (χ4n) is 3.06. The van der Waals surface area contributed by atoms with Crippen LogP contribution >= 0.6 is 11.8 Å². The third-order valence-electron chi connectivity index (χ3n) is 4.64. The summed E-state index contributed by atoms with van der Waals surface area (Å²) in [5.74, 6) is 0.656. The quantitative estimate of drug-likeness (QED) is 0.555. The Hall–Kier alpha value is -1.86. The summed E-state index contributed by atoms with van der Waals surface area (Å²) in [4.78, 5) is 29.7. The molecule has 2 aromatic rings. The minimum Gasteiger partial charge on any atom is -0.376 e. The fourth-order valence-corrected chi connectivity index (χ4v) is 3.91. The Morgan fingerprint density at radius 2 is 2.22 bits per heavy atom. The molecule has 1 aromatic heterocycles. The molecule has 1 aliphatic heterocycles. The van der Waals surface area contributed by atoms with Crippen LogP contribution in [-0.4, -0.2) is 40.5 Å². The maximum atomic E-state index is 12.9. The number of amides is 1. The Morgan fingerprint density at radius 3 is 2.96 bits per heavy atom. The molecule has 1 aliphatic rings. The number of nitrogens with one attached hydrogen (secondary N) is 1. The van der Waals surface area contributed by atoms with Gasteiger partial charge in [0, 0.05) is 19.7 Å². The van der Waals surface area contributed by atoms with Gasteiger partial charge in [-0.1, -0.05) is 37.7 Å². The van der Waals surface area contributed by atoms with Crippen molar-refractivity contribution in [2.75, 3.05) is 18.9 Å². The van der Waals surface area contributed by atoms with Crippen molar-refractivity contribution in [2.45, 2.75) is 50.9 Å². The first-order chi connectivity index (χ1) is 13.0. The van der Waals surface area contributed by atoms with Gasteiger partial charge in [-0.15, -0.1) is 0 Å². The summed E-state index contributed by atoms with van der Waals surface area (Å²) < 4.78 is 7.23. The average molecular weight is 390 g/mol. The Kier molecular flexibility index (Phi) is 6.90. The van der Waals surface area contributed by atoms with Crippen LogP contribution in [0.4, 0.5) is 0 Å².